The summed E-state index contributed by atoms with van der Waals surface area (Å²) in [7, 11) is 1.91. The second-order valence-corrected chi connectivity index (χ2v) is 8.75. The van der Waals surface area contributed by atoms with Gasteiger partial charge in [0.2, 0.25) is 0 Å². The summed E-state index contributed by atoms with van der Waals surface area (Å²) < 4.78 is 17.2. The molecule has 37 heavy (non-hydrogen) atoms. The molecule has 2 N–H and O–H groups in total. The third-order valence-corrected chi connectivity index (χ3v) is 6.31. The Kier molecular flexibility index (Phi) is 5.81. The lowest BCUT2D eigenvalue weighted by Crippen LogP contribution is -2.44. The van der Waals surface area contributed by atoms with E-state index in [1.165, 1.54) is 12.1 Å². The van der Waals surface area contributed by atoms with Gasteiger partial charge in [0.05, 0.1) is 17.5 Å². The van der Waals surface area contributed by atoms with Crippen LogP contribution in [0.15, 0.2) is 67.1 Å². The van der Waals surface area contributed by atoms with Crippen LogP contribution in [0.4, 0.5) is 16.0 Å². The monoisotopic (exact) mass is 497 g/mol. The Morgan fingerprint density at radius 1 is 1.00 bits per heavy atom. The van der Waals surface area contributed by atoms with Gasteiger partial charge in [-0.1, -0.05) is 0 Å². The topological polar surface area (TPSA) is 105 Å². The molecular formula is C26H24FN9O. The number of hydrogen-bond acceptors (Lipinski definition) is 7. The van der Waals surface area contributed by atoms with E-state index in [9.17, 15) is 9.18 Å². The molecule has 1 amide bonds. The summed E-state index contributed by atoms with van der Waals surface area (Å²) in [6.07, 6.45) is 4.81. The van der Waals surface area contributed by atoms with Crippen molar-refractivity contribution in [3.05, 3.63) is 78.5 Å². The fourth-order valence-electron chi connectivity index (χ4n) is 4.57. The SMILES string of the molecule is Cn1nc(-c2ccc(F)cc2)c(-c2ccc3nc(NC(=O)c4ccncc4)cn3n2)c1N1CCNCC1. The molecule has 1 aromatic carbocycles. The number of amides is 1. The Labute approximate surface area is 211 Å². The number of carbonyl (C=O) groups is 1. The van der Waals surface area contributed by atoms with Crippen molar-refractivity contribution in [2.24, 2.45) is 7.05 Å². The lowest BCUT2D eigenvalue weighted by Gasteiger charge is -2.30. The van der Waals surface area contributed by atoms with E-state index in [1.807, 2.05) is 23.9 Å². The summed E-state index contributed by atoms with van der Waals surface area (Å²) in [6.45, 7) is 3.39. The zero-order valence-electron chi connectivity index (χ0n) is 20.1. The highest BCUT2D eigenvalue weighted by Crippen LogP contribution is 2.38. The number of anilines is 2. The molecule has 5 heterocycles. The molecular weight excluding hydrogens is 473 g/mol. The Morgan fingerprint density at radius 2 is 1.76 bits per heavy atom. The van der Waals surface area contributed by atoms with Gasteiger partial charge in [0.15, 0.2) is 11.5 Å². The minimum absolute atomic E-state index is 0.280. The third kappa shape index (κ3) is 4.40. The summed E-state index contributed by atoms with van der Waals surface area (Å²) in [5, 5.41) is 15.9. The van der Waals surface area contributed by atoms with Gasteiger partial charge >= 0.3 is 0 Å². The second-order valence-electron chi connectivity index (χ2n) is 8.75. The molecule has 4 aromatic heterocycles. The number of halogens is 1. The molecule has 1 fully saturated rings. The van der Waals surface area contributed by atoms with E-state index in [2.05, 4.69) is 25.5 Å². The van der Waals surface area contributed by atoms with Crippen molar-refractivity contribution in [2.75, 3.05) is 36.4 Å². The number of fused-ring (bicyclic) bond motifs is 1. The number of aromatic nitrogens is 6. The molecule has 11 heteroatoms. The van der Waals surface area contributed by atoms with Crippen LogP contribution in [-0.2, 0) is 7.05 Å². The Balaban J connectivity index is 1.42. The maximum atomic E-state index is 13.7. The fourth-order valence-corrected chi connectivity index (χ4v) is 4.57. The molecule has 1 aliphatic rings. The number of piperazine rings is 1. The van der Waals surface area contributed by atoms with Crippen LogP contribution in [0.2, 0.25) is 0 Å². The van der Waals surface area contributed by atoms with E-state index in [1.54, 1.807) is 47.4 Å². The molecule has 0 aliphatic carbocycles. The molecule has 1 saturated heterocycles. The zero-order valence-corrected chi connectivity index (χ0v) is 20.1. The molecule has 10 nitrogen and oxygen atoms in total. The summed E-state index contributed by atoms with van der Waals surface area (Å²) >= 11 is 0. The number of aryl methyl sites for hydroxylation is 1. The highest BCUT2D eigenvalue weighted by atomic mass is 19.1. The number of benzene rings is 1. The first-order valence-corrected chi connectivity index (χ1v) is 11.9. The van der Waals surface area contributed by atoms with E-state index in [4.69, 9.17) is 10.2 Å². The quantitative estimate of drug-likeness (QED) is 0.385. The molecule has 0 bridgehead atoms. The van der Waals surface area contributed by atoms with Gasteiger partial charge in [-0.2, -0.15) is 10.2 Å². The normalized spacial score (nSPS) is 13.7. The van der Waals surface area contributed by atoms with Crippen molar-refractivity contribution in [1.29, 1.82) is 0 Å². The molecule has 186 valence electrons. The minimum atomic E-state index is -0.303. The highest BCUT2D eigenvalue weighted by molar-refractivity contribution is 6.03. The van der Waals surface area contributed by atoms with Gasteiger partial charge in [-0.05, 0) is 48.5 Å². The molecule has 0 atom stereocenters. The van der Waals surface area contributed by atoms with Gasteiger partial charge in [0.25, 0.3) is 5.91 Å². The van der Waals surface area contributed by atoms with Crippen molar-refractivity contribution >= 4 is 23.2 Å². The molecule has 6 rings (SSSR count). The van der Waals surface area contributed by atoms with Gasteiger partial charge in [0.1, 0.15) is 17.3 Å². The lowest BCUT2D eigenvalue weighted by molar-refractivity contribution is 0.102. The first kappa shape index (κ1) is 22.8. The number of rotatable bonds is 5. The summed E-state index contributed by atoms with van der Waals surface area (Å²) in [6, 6.07) is 13.3. The van der Waals surface area contributed by atoms with Gasteiger partial charge in [-0.25, -0.2) is 13.9 Å². The Hall–Kier alpha value is -4.64. The molecule has 1 aliphatic heterocycles. The van der Waals surface area contributed by atoms with Crippen LogP contribution in [0.25, 0.3) is 28.2 Å². The Bertz CT molecular complexity index is 1570. The van der Waals surface area contributed by atoms with Crippen molar-refractivity contribution in [2.45, 2.75) is 0 Å². The van der Waals surface area contributed by atoms with E-state index in [0.29, 0.717) is 28.4 Å². The van der Waals surface area contributed by atoms with Crippen molar-refractivity contribution in [3.63, 3.8) is 0 Å². The first-order chi connectivity index (χ1) is 18.1. The van der Waals surface area contributed by atoms with Crippen LogP contribution in [0.5, 0.6) is 0 Å². The summed E-state index contributed by atoms with van der Waals surface area (Å²) in [4.78, 5) is 23.3. The van der Waals surface area contributed by atoms with Gasteiger partial charge < -0.3 is 15.5 Å². The number of imidazole rings is 1. The predicted molar refractivity (Wildman–Crippen MR) is 138 cm³/mol. The van der Waals surface area contributed by atoms with Gasteiger partial charge in [0, 0.05) is 56.7 Å². The van der Waals surface area contributed by atoms with Crippen LogP contribution in [0.3, 0.4) is 0 Å². The van der Waals surface area contributed by atoms with E-state index in [-0.39, 0.29) is 11.7 Å². The van der Waals surface area contributed by atoms with Crippen molar-refractivity contribution in [3.8, 4) is 22.5 Å². The average molecular weight is 498 g/mol. The maximum absolute atomic E-state index is 13.7. The summed E-state index contributed by atoms with van der Waals surface area (Å²) in [5.41, 5.74) is 4.14. The van der Waals surface area contributed by atoms with E-state index in [0.717, 1.165) is 43.1 Å². The second kappa shape index (κ2) is 9.43. The van der Waals surface area contributed by atoms with Crippen LogP contribution in [-0.4, -0.2) is 61.4 Å². The highest BCUT2D eigenvalue weighted by Gasteiger charge is 2.26. The van der Waals surface area contributed by atoms with Crippen molar-refractivity contribution in [1.82, 2.24) is 34.7 Å². The van der Waals surface area contributed by atoms with E-state index < -0.39 is 0 Å². The number of hydrogen-bond donors (Lipinski definition) is 2. The number of nitrogens with one attached hydrogen (secondary N) is 2. The number of nitrogens with zero attached hydrogens (tertiary/aromatic N) is 7. The predicted octanol–water partition coefficient (Wildman–Crippen LogP) is 2.99. The van der Waals surface area contributed by atoms with Crippen LogP contribution in [0, 0.1) is 5.82 Å². The third-order valence-electron chi connectivity index (χ3n) is 6.31. The van der Waals surface area contributed by atoms with Crippen molar-refractivity contribution < 1.29 is 9.18 Å². The van der Waals surface area contributed by atoms with Gasteiger partial charge in [-0.15, -0.1) is 0 Å². The molecule has 5 aromatic rings. The largest absolute Gasteiger partial charge is 0.354 e. The first-order valence-electron chi connectivity index (χ1n) is 11.9. The fraction of sp³-hybridized carbons (Fsp3) is 0.192. The number of pyridine rings is 1. The number of carbonyl (C=O) groups excluding carboxylic acids is 1. The van der Waals surface area contributed by atoms with Crippen LogP contribution >= 0.6 is 0 Å². The van der Waals surface area contributed by atoms with Gasteiger partial charge in [-0.3, -0.25) is 14.5 Å². The smallest absolute Gasteiger partial charge is 0.256 e. The molecule has 0 radical (unpaired) electrons. The Morgan fingerprint density at radius 3 is 2.51 bits per heavy atom. The minimum Gasteiger partial charge on any atom is -0.354 e. The zero-order chi connectivity index (χ0) is 25.4. The van der Waals surface area contributed by atoms with E-state index >= 15 is 0 Å². The molecule has 0 unspecified atom stereocenters. The molecule has 0 saturated carbocycles. The summed E-state index contributed by atoms with van der Waals surface area (Å²) in [5.74, 6) is 0.749. The average Bonchev–Trinajstić information content (AvgIpc) is 3.49. The maximum Gasteiger partial charge on any atom is 0.256 e. The lowest BCUT2D eigenvalue weighted by atomic mass is 10.0. The van der Waals surface area contributed by atoms with Crippen LogP contribution in [0.1, 0.15) is 10.4 Å². The molecule has 0 spiro atoms. The van der Waals surface area contributed by atoms with Crippen LogP contribution < -0.4 is 15.5 Å². The standard InChI is InChI=1S/C26H24FN9O/c1-34-26(35-14-12-29-13-15-35)23(24(33-34)17-2-4-19(27)5-3-17)20-6-7-22-30-21(16-36(22)32-20)31-25(37)18-8-10-28-11-9-18/h2-11,16,29H,12-15H2,1H3,(H,31,37).